The third-order valence-corrected chi connectivity index (χ3v) is 3.38. The number of nitrogens with zero attached hydrogens (tertiary/aromatic N) is 1. The van der Waals surface area contributed by atoms with Gasteiger partial charge in [0.05, 0.1) is 26.9 Å². The predicted molar refractivity (Wildman–Crippen MR) is 73.8 cm³/mol. The number of hydrogen-bond acceptors (Lipinski definition) is 6. The van der Waals surface area contributed by atoms with E-state index in [-0.39, 0.29) is 5.97 Å². The fraction of sp³-hybridized carbons (Fsp3) is 0.643. The largest absolute Gasteiger partial charge is 0.465 e. The predicted octanol–water partition coefficient (Wildman–Crippen LogP) is 0.796. The molecule has 0 radical (unpaired) electrons. The molecule has 1 aromatic heterocycles. The molecule has 0 spiro atoms. The van der Waals surface area contributed by atoms with Crippen molar-refractivity contribution in [2.75, 3.05) is 46.5 Å². The molecule has 112 valence electrons. The van der Waals surface area contributed by atoms with Crippen LogP contribution < -0.4 is 5.32 Å². The normalized spacial score (nSPS) is 16.3. The van der Waals surface area contributed by atoms with E-state index < -0.39 is 0 Å². The highest BCUT2D eigenvalue weighted by molar-refractivity contribution is 5.90. The fourth-order valence-electron chi connectivity index (χ4n) is 2.22. The summed E-state index contributed by atoms with van der Waals surface area (Å²) in [6.45, 7) is 7.88. The summed E-state index contributed by atoms with van der Waals surface area (Å²) < 4.78 is 15.5. The van der Waals surface area contributed by atoms with E-state index in [2.05, 4.69) is 10.2 Å². The first-order chi connectivity index (χ1) is 9.70. The molecule has 2 rings (SSSR count). The van der Waals surface area contributed by atoms with Gasteiger partial charge in [0, 0.05) is 26.2 Å². The Hall–Kier alpha value is -1.37. The Kier molecular flexibility index (Phi) is 5.58. The third kappa shape index (κ3) is 4.06. The summed E-state index contributed by atoms with van der Waals surface area (Å²) in [4.78, 5) is 13.8. The summed E-state index contributed by atoms with van der Waals surface area (Å²) in [5, 5.41) is 3.32. The number of hydrogen-bond donors (Lipinski definition) is 1. The zero-order valence-corrected chi connectivity index (χ0v) is 12.1. The average molecular weight is 282 g/mol. The maximum Gasteiger partial charge on any atom is 0.341 e. The second-order valence-electron chi connectivity index (χ2n) is 4.80. The summed E-state index contributed by atoms with van der Waals surface area (Å²) in [6, 6.07) is 1.74. The summed E-state index contributed by atoms with van der Waals surface area (Å²) in [5.41, 5.74) is 0.498. The molecule has 2 heterocycles. The monoisotopic (exact) mass is 282 g/mol. The first kappa shape index (κ1) is 15.0. The van der Waals surface area contributed by atoms with E-state index in [1.54, 1.807) is 13.0 Å². The molecule has 1 saturated heterocycles. The zero-order valence-electron chi connectivity index (χ0n) is 12.1. The first-order valence-electron chi connectivity index (χ1n) is 6.89. The quantitative estimate of drug-likeness (QED) is 0.615. The molecule has 0 bridgehead atoms. The Morgan fingerprint density at radius 2 is 2.20 bits per heavy atom. The number of rotatable bonds is 6. The second kappa shape index (κ2) is 7.42. The van der Waals surface area contributed by atoms with Gasteiger partial charge in [-0.15, -0.1) is 0 Å². The van der Waals surface area contributed by atoms with Crippen LogP contribution in [0.15, 0.2) is 10.5 Å². The summed E-state index contributed by atoms with van der Waals surface area (Å²) in [6.07, 6.45) is 0. The number of methoxy groups -OCH3 is 1. The van der Waals surface area contributed by atoms with Gasteiger partial charge in [-0.25, -0.2) is 4.79 Å². The van der Waals surface area contributed by atoms with E-state index in [9.17, 15) is 4.79 Å². The minimum absolute atomic E-state index is 0.356. The van der Waals surface area contributed by atoms with E-state index >= 15 is 0 Å². The highest BCUT2D eigenvalue weighted by Crippen LogP contribution is 2.15. The molecule has 1 aliphatic heterocycles. The topological polar surface area (TPSA) is 63.9 Å². The van der Waals surface area contributed by atoms with Crippen LogP contribution in [0.3, 0.4) is 0 Å². The standard InChI is InChI=1S/C14H22N2O4/c1-11-13(14(17)18-2)9-12(20-11)10-15-3-4-16-5-7-19-8-6-16/h9,15H,3-8,10H2,1-2H3. The molecule has 20 heavy (non-hydrogen) atoms. The smallest absolute Gasteiger partial charge is 0.341 e. The molecule has 0 atom stereocenters. The van der Waals surface area contributed by atoms with Gasteiger partial charge in [-0.2, -0.15) is 0 Å². The van der Waals surface area contributed by atoms with E-state index in [1.165, 1.54) is 7.11 Å². The van der Waals surface area contributed by atoms with Crippen molar-refractivity contribution in [1.82, 2.24) is 10.2 Å². The van der Waals surface area contributed by atoms with Crippen LogP contribution in [-0.4, -0.2) is 57.4 Å². The Morgan fingerprint density at radius 1 is 1.45 bits per heavy atom. The lowest BCUT2D eigenvalue weighted by Gasteiger charge is -2.26. The van der Waals surface area contributed by atoms with Crippen LogP contribution in [0.4, 0.5) is 0 Å². The Morgan fingerprint density at radius 3 is 2.90 bits per heavy atom. The number of morpholine rings is 1. The van der Waals surface area contributed by atoms with Gasteiger partial charge in [0.1, 0.15) is 17.1 Å². The van der Waals surface area contributed by atoms with Gasteiger partial charge in [-0.05, 0) is 13.0 Å². The molecule has 6 heteroatoms. The number of furan rings is 1. The Bertz CT molecular complexity index is 438. The lowest BCUT2D eigenvalue weighted by Crippen LogP contribution is -2.40. The SMILES string of the molecule is COC(=O)c1cc(CNCCN2CCOCC2)oc1C. The highest BCUT2D eigenvalue weighted by Gasteiger charge is 2.15. The van der Waals surface area contributed by atoms with Crippen LogP contribution in [0, 0.1) is 6.92 Å². The van der Waals surface area contributed by atoms with Crippen molar-refractivity contribution in [2.45, 2.75) is 13.5 Å². The lowest BCUT2D eigenvalue weighted by atomic mass is 10.2. The lowest BCUT2D eigenvalue weighted by molar-refractivity contribution is 0.0383. The molecule has 6 nitrogen and oxygen atoms in total. The van der Waals surface area contributed by atoms with Crippen LogP contribution in [0.5, 0.6) is 0 Å². The minimum atomic E-state index is -0.356. The van der Waals surface area contributed by atoms with Gasteiger partial charge >= 0.3 is 5.97 Å². The number of aryl methyl sites for hydroxylation is 1. The number of ether oxygens (including phenoxy) is 2. The second-order valence-corrected chi connectivity index (χ2v) is 4.80. The molecule has 0 amide bonds. The summed E-state index contributed by atoms with van der Waals surface area (Å²) in [7, 11) is 1.37. The molecule has 0 unspecified atom stereocenters. The van der Waals surface area contributed by atoms with Crippen LogP contribution in [0.2, 0.25) is 0 Å². The number of nitrogens with one attached hydrogen (secondary N) is 1. The van der Waals surface area contributed by atoms with Crippen LogP contribution >= 0.6 is 0 Å². The van der Waals surface area contributed by atoms with Crippen molar-refractivity contribution in [3.05, 3.63) is 23.2 Å². The van der Waals surface area contributed by atoms with Crippen molar-refractivity contribution < 1.29 is 18.7 Å². The van der Waals surface area contributed by atoms with Crippen LogP contribution in [0.25, 0.3) is 0 Å². The summed E-state index contributed by atoms with van der Waals surface area (Å²) in [5.74, 6) is 0.998. The van der Waals surface area contributed by atoms with E-state index in [0.717, 1.165) is 45.2 Å². The molecular formula is C14H22N2O4. The molecule has 1 aliphatic rings. The maximum atomic E-state index is 11.5. The molecule has 1 N–H and O–H groups in total. The van der Waals surface area contributed by atoms with E-state index in [4.69, 9.17) is 13.9 Å². The molecule has 1 aromatic rings. The van der Waals surface area contributed by atoms with Gasteiger partial charge in [0.2, 0.25) is 0 Å². The number of carbonyl (C=O) groups excluding carboxylic acids is 1. The minimum Gasteiger partial charge on any atom is -0.465 e. The van der Waals surface area contributed by atoms with E-state index in [1.807, 2.05) is 0 Å². The van der Waals surface area contributed by atoms with Crippen molar-refractivity contribution in [3.8, 4) is 0 Å². The highest BCUT2D eigenvalue weighted by atomic mass is 16.5. The van der Waals surface area contributed by atoms with Crippen LogP contribution in [0.1, 0.15) is 21.9 Å². The van der Waals surface area contributed by atoms with Crippen molar-refractivity contribution in [1.29, 1.82) is 0 Å². The van der Waals surface area contributed by atoms with Gasteiger partial charge in [0.15, 0.2) is 0 Å². The first-order valence-corrected chi connectivity index (χ1v) is 6.89. The van der Waals surface area contributed by atoms with Gasteiger partial charge in [-0.3, -0.25) is 4.90 Å². The Labute approximate surface area is 119 Å². The van der Waals surface area contributed by atoms with Gasteiger partial charge in [-0.1, -0.05) is 0 Å². The van der Waals surface area contributed by atoms with Crippen molar-refractivity contribution >= 4 is 5.97 Å². The average Bonchev–Trinajstić information content (AvgIpc) is 2.85. The third-order valence-electron chi connectivity index (χ3n) is 3.38. The molecule has 0 saturated carbocycles. The van der Waals surface area contributed by atoms with Gasteiger partial charge in [0.25, 0.3) is 0 Å². The van der Waals surface area contributed by atoms with E-state index in [0.29, 0.717) is 17.9 Å². The molecule has 1 fully saturated rings. The maximum absolute atomic E-state index is 11.5. The summed E-state index contributed by atoms with van der Waals surface area (Å²) >= 11 is 0. The number of esters is 1. The number of carbonyl (C=O) groups is 1. The molecule has 0 aromatic carbocycles. The van der Waals surface area contributed by atoms with Crippen molar-refractivity contribution in [3.63, 3.8) is 0 Å². The van der Waals surface area contributed by atoms with Crippen molar-refractivity contribution in [2.24, 2.45) is 0 Å². The van der Waals surface area contributed by atoms with Gasteiger partial charge < -0.3 is 19.2 Å². The Balaban J connectivity index is 1.72. The molecular weight excluding hydrogens is 260 g/mol. The molecule has 0 aliphatic carbocycles. The fourth-order valence-corrected chi connectivity index (χ4v) is 2.22. The van der Waals surface area contributed by atoms with Crippen LogP contribution in [-0.2, 0) is 16.0 Å². The zero-order chi connectivity index (χ0) is 14.4.